The number of nitrogens with zero attached hydrogens (tertiary/aromatic N) is 1. The second kappa shape index (κ2) is 7.28. The molecule has 146 valence electrons. The molecule has 1 N–H and O–H groups in total. The first kappa shape index (κ1) is 18.5. The standard InChI is InChI=1S/C22H24N2O4/c1-14-18-13-20(28-3)19(27-2)12-15(18)8-9-23(14)10-11-24-21(25)16-6-4-5-7-17(16)22(24)26/h4-7,12-14H,8-11H2,1-3H3/p+1/t14-/m1/s1. The Labute approximate surface area is 164 Å². The smallest absolute Gasteiger partial charge is 0.261 e. The average molecular weight is 381 g/mol. The Balaban J connectivity index is 1.49. The highest BCUT2D eigenvalue weighted by atomic mass is 16.5. The van der Waals surface area contributed by atoms with Gasteiger partial charge in [0.1, 0.15) is 6.04 Å². The summed E-state index contributed by atoms with van der Waals surface area (Å²) in [6, 6.07) is 11.4. The lowest BCUT2D eigenvalue weighted by atomic mass is 9.93. The molecule has 2 aliphatic rings. The molecule has 2 aliphatic heterocycles. The highest BCUT2D eigenvalue weighted by Gasteiger charge is 2.36. The van der Waals surface area contributed by atoms with Gasteiger partial charge in [0.25, 0.3) is 11.8 Å². The van der Waals surface area contributed by atoms with Crippen molar-refractivity contribution in [3.63, 3.8) is 0 Å². The molecular formula is C22H25N2O4+. The minimum atomic E-state index is -0.184. The van der Waals surface area contributed by atoms with Crippen LogP contribution in [0.1, 0.15) is 44.8 Å². The summed E-state index contributed by atoms with van der Waals surface area (Å²) in [7, 11) is 3.29. The number of imide groups is 1. The van der Waals surface area contributed by atoms with Crippen LogP contribution in [0, 0.1) is 0 Å². The third-order valence-corrected chi connectivity index (χ3v) is 5.97. The number of amides is 2. The van der Waals surface area contributed by atoms with E-state index >= 15 is 0 Å². The zero-order valence-electron chi connectivity index (χ0n) is 16.5. The lowest BCUT2D eigenvalue weighted by Gasteiger charge is -2.33. The van der Waals surface area contributed by atoms with Crippen molar-refractivity contribution in [1.29, 1.82) is 0 Å². The molecule has 2 heterocycles. The maximum atomic E-state index is 12.6. The lowest BCUT2D eigenvalue weighted by molar-refractivity contribution is -0.931. The molecule has 2 aromatic rings. The maximum absolute atomic E-state index is 12.6. The number of fused-ring (bicyclic) bond motifs is 2. The van der Waals surface area contributed by atoms with Crippen LogP contribution in [0.15, 0.2) is 36.4 Å². The van der Waals surface area contributed by atoms with E-state index in [4.69, 9.17) is 9.47 Å². The summed E-state index contributed by atoms with van der Waals surface area (Å²) in [5.74, 6) is 1.12. The Bertz CT molecular complexity index is 905. The van der Waals surface area contributed by atoms with Gasteiger partial charge in [-0.3, -0.25) is 14.5 Å². The summed E-state index contributed by atoms with van der Waals surface area (Å²) >= 11 is 0. The van der Waals surface area contributed by atoms with Crippen LogP contribution in [0.4, 0.5) is 0 Å². The van der Waals surface area contributed by atoms with Crippen molar-refractivity contribution in [1.82, 2.24) is 4.90 Å². The number of methoxy groups -OCH3 is 2. The van der Waals surface area contributed by atoms with Gasteiger partial charge in [-0.05, 0) is 36.8 Å². The average Bonchev–Trinajstić information content (AvgIpc) is 2.97. The Hall–Kier alpha value is -2.86. The van der Waals surface area contributed by atoms with Crippen molar-refractivity contribution in [3.8, 4) is 11.5 Å². The van der Waals surface area contributed by atoms with Crippen LogP contribution >= 0.6 is 0 Å². The van der Waals surface area contributed by atoms with Gasteiger partial charge in [-0.1, -0.05) is 12.1 Å². The first-order chi connectivity index (χ1) is 13.5. The van der Waals surface area contributed by atoms with E-state index in [1.165, 1.54) is 20.9 Å². The van der Waals surface area contributed by atoms with Gasteiger partial charge in [0.05, 0.1) is 45.0 Å². The number of carbonyl (C=O) groups is 2. The molecule has 2 aromatic carbocycles. The van der Waals surface area contributed by atoms with Crippen LogP contribution in [-0.4, -0.2) is 50.6 Å². The molecular weight excluding hydrogens is 356 g/mol. The van der Waals surface area contributed by atoms with Gasteiger partial charge in [-0.15, -0.1) is 0 Å². The summed E-state index contributed by atoms with van der Waals surface area (Å²) in [5, 5.41) is 0. The fraction of sp³-hybridized carbons (Fsp3) is 0.364. The Morgan fingerprint density at radius 3 is 2.25 bits per heavy atom. The second-order valence-corrected chi connectivity index (χ2v) is 7.34. The molecule has 0 fully saturated rings. The van der Waals surface area contributed by atoms with E-state index in [1.54, 1.807) is 38.5 Å². The summed E-state index contributed by atoms with van der Waals surface area (Å²) in [6.45, 7) is 4.28. The van der Waals surface area contributed by atoms with E-state index < -0.39 is 0 Å². The van der Waals surface area contributed by atoms with E-state index in [0.717, 1.165) is 31.0 Å². The number of rotatable bonds is 5. The Morgan fingerprint density at radius 1 is 1.04 bits per heavy atom. The van der Waals surface area contributed by atoms with Crippen LogP contribution in [0.25, 0.3) is 0 Å². The minimum Gasteiger partial charge on any atom is -0.493 e. The zero-order valence-corrected chi connectivity index (χ0v) is 16.5. The van der Waals surface area contributed by atoms with Crippen LogP contribution in [0.2, 0.25) is 0 Å². The first-order valence-corrected chi connectivity index (χ1v) is 9.59. The van der Waals surface area contributed by atoms with E-state index in [2.05, 4.69) is 19.1 Å². The van der Waals surface area contributed by atoms with Gasteiger partial charge in [-0.2, -0.15) is 0 Å². The van der Waals surface area contributed by atoms with Crippen molar-refractivity contribution in [3.05, 3.63) is 58.7 Å². The van der Waals surface area contributed by atoms with E-state index in [9.17, 15) is 9.59 Å². The van der Waals surface area contributed by atoms with Gasteiger partial charge in [0.15, 0.2) is 11.5 Å². The van der Waals surface area contributed by atoms with E-state index in [1.807, 2.05) is 0 Å². The second-order valence-electron chi connectivity index (χ2n) is 7.34. The summed E-state index contributed by atoms with van der Waals surface area (Å²) in [6.07, 6.45) is 0.928. The lowest BCUT2D eigenvalue weighted by Crippen LogP contribution is -3.13. The van der Waals surface area contributed by atoms with Gasteiger partial charge < -0.3 is 14.4 Å². The predicted octanol–water partition coefficient (Wildman–Crippen LogP) is 1.50. The van der Waals surface area contributed by atoms with Crippen LogP contribution in [-0.2, 0) is 6.42 Å². The summed E-state index contributed by atoms with van der Waals surface area (Å²) in [4.78, 5) is 27.9. The zero-order chi connectivity index (χ0) is 19.8. The van der Waals surface area contributed by atoms with E-state index in [0.29, 0.717) is 17.7 Å². The molecule has 0 aliphatic carbocycles. The number of nitrogens with one attached hydrogen (secondary N) is 1. The maximum Gasteiger partial charge on any atom is 0.261 e. The molecule has 6 heteroatoms. The fourth-order valence-corrected chi connectivity index (χ4v) is 4.33. The predicted molar refractivity (Wildman–Crippen MR) is 104 cm³/mol. The topological polar surface area (TPSA) is 60.3 Å². The molecule has 6 nitrogen and oxygen atoms in total. The number of hydrogen-bond donors (Lipinski definition) is 1. The molecule has 4 rings (SSSR count). The van der Waals surface area contributed by atoms with Gasteiger partial charge >= 0.3 is 0 Å². The number of benzene rings is 2. The van der Waals surface area contributed by atoms with Crippen molar-refractivity contribution >= 4 is 11.8 Å². The molecule has 0 aromatic heterocycles. The summed E-state index contributed by atoms with van der Waals surface area (Å²) in [5.41, 5.74) is 3.53. The highest BCUT2D eigenvalue weighted by molar-refractivity contribution is 6.21. The van der Waals surface area contributed by atoms with Crippen molar-refractivity contribution in [2.75, 3.05) is 33.9 Å². The Morgan fingerprint density at radius 2 is 1.64 bits per heavy atom. The quantitative estimate of drug-likeness (QED) is 0.798. The van der Waals surface area contributed by atoms with Gasteiger partial charge in [0.2, 0.25) is 0 Å². The van der Waals surface area contributed by atoms with Crippen molar-refractivity contribution < 1.29 is 24.0 Å². The molecule has 0 radical (unpaired) electrons. The number of hydrogen-bond acceptors (Lipinski definition) is 4. The first-order valence-electron chi connectivity index (χ1n) is 9.59. The largest absolute Gasteiger partial charge is 0.493 e. The Kier molecular flexibility index (Phi) is 4.81. The number of ether oxygens (including phenoxy) is 2. The highest BCUT2D eigenvalue weighted by Crippen LogP contribution is 2.34. The van der Waals surface area contributed by atoms with Gasteiger partial charge in [0, 0.05) is 12.0 Å². The monoisotopic (exact) mass is 381 g/mol. The molecule has 0 saturated heterocycles. The number of quaternary nitrogens is 1. The SMILES string of the molecule is COc1cc2c(cc1OC)[C@@H](C)[NH+](CCN1C(=O)c3ccccc3C1=O)CC2. The van der Waals surface area contributed by atoms with Gasteiger partial charge in [-0.25, -0.2) is 0 Å². The molecule has 2 atom stereocenters. The van der Waals surface area contributed by atoms with Crippen LogP contribution in [0.3, 0.4) is 0 Å². The van der Waals surface area contributed by atoms with Crippen molar-refractivity contribution in [2.24, 2.45) is 0 Å². The normalized spacial score (nSPS) is 20.8. The molecule has 1 unspecified atom stereocenters. The summed E-state index contributed by atoms with van der Waals surface area (Å²) < 4.78 is 10.9. The van der Waals surface area contributed by atoms with Crippen molar-refractivity contribution in [2.45, 2.75) is 19.4 Å². The molecule has 0 bridgehead atoms. The number of carbonyl (C=O) groups excluding carboxylic acids is 2. The van der Waals surface area contributed by atoms with E-state index in [-0.39, 0.29) is 17.9 Å². The fourth-order valence-electron chi connectivity index (χ4n) is 4.33. The minimum absolute atomic E-state index is 0.184. The van der Waals surface area contributed by atoms with Crippen LogP contribution < -0.4 is 14.4 Å². The molecule has 0 spiro atoms. The third-order valence-electron chi connectivity index (χ3n) is 5.97. The third kappa shape index (κ3) is 2.94. The molecule has 2 amide bonds. The molecule has 0 saturated carbocycles. The van der Waals surface area contributed by atoms with Crippen LogP contribution in [0.5, 0.6) is 11.5 Å². The molecule has 28 heavy (non-hydrogen) atoms.